The molecular formula is C10H16O. The van der Waals surface area contributed by atoms with Crippen LogP contribution in [0.5, 0.6) is 0 Å². The summed E-state index contributed by atoms with van der Waals surface area (Å²) < 4.78 is 0. The Hall–Kier alpha value is -0.300. The minimum Gasteiger partial charge on any atom is -0.389 e. The zero-order valence-electron chi connectivity index (χ0n) is 6.92. The molecule has 3 atom stereocenters. The Balaban J connectivity index is 2.10. The van der Waals surface area contributed by atoms with E-state index < -0.39 is 0 Å². The van der Waals surface area contributed by atoms with E-state index in [4.69, 9.17) is 0 Å². The molecule has 1 heteroatoms. The van der Waals surface area contributed by atoms with Gasteiger partial charge in [-0.05, 0) is 43.9 Å². The second-order valence-electron chi connectivity index (χ2n) is 4.18. The molecule has 0 amide bonds. The SMILES string of the molecule is C=CC[C@@]1(O)C[C@@H]2CC[C@H]1C2. The van der Waals surface area contributed by atoms with Crippen LogP contribution in [0.3, 0.4) is 0 Å². The van der Waals surface area contributed by atoms with Crippen LogP contribution < -0.4 is 0 Å². The first-order valence-electron chi connectivity index (χ1n) is 4.58. The van der Waals surface area contributed by atoms with Gasteiger partial charge in [-0.15, -0.1) is 6.58 Å². The smallest absolute Gasteiger partial charge is 0.0712 e. The summed E-state index contributed by atoms with van der Waals surface area (Å²) in [6.07, 6.45) is 7.56. The van der Waals surface area contributed by atoms with Crippen LogP contribution in [0, 0.1) is 11.8 Å². The lowest BCUT2D eigenvalue weighted by atomic mass is 9.82. The zero-order valence-corrected chi connectivity index (χ0v) is 6.92. The maximum atomic E-state index is 10.1. The molecule has 0 radical (unpaired) electrons. The number of rotatable bonds is 2. The molecule has 0 spiro atoms. The number of hydrogen-bond donors (Lipinski definition) is 1. The van der Waals surface area contributed by atoms with Crippen LogP contribution in [0.15, 0.2) is 12.7 Å². The lowest BCUT2D eigenvalue weighted by Crippen LogP contribution is -2.34. The van der Waals surface area contributed by atoms with E-state index in [1.165, 1.54) is 19.3 Å². The number of fused-ring (bicyclic) bond motifs is 2. The van der Waals surface area contributed by atoms with Crippen LogP contribution in [-0.4, -0.2) is 10.7 Å². The molecule has 0 aromatic rings. The molecule has 1 nitrogen and oxygen atoms in total. The van der Waals surface area contributed by atoms with Crippen molar-refractivity contribution < 1.29 is 5.11 Å². The highest BCUT2D eigenvalue weighted by molar-refractivity contribution is 5.03. The average Bonchev–Trinajstić information content (AvgIpc) is 2.45. The van der Waals surface area contributed by atoms with Gasteiger partial charge in [-0.2, -0.15) is 0 Å². The lowest BCUT2D eigenvalue weighted by Gasteiger charge is -2.31. The average molecular weight is 152 g/mol. The Morgan fingerprint density at radius 2 is 2.36 bits per heavy atom. The predicted octanol–water partition coefficient (Wildman–Crippen LogP) is 2.11. The van der Waals surface area contributed by atoms with Crippen molar-refractivity contribution in [2.24, 2.45) is 11.8 Å². The van der Waals surface area contributed by atoms with E-state index in [1.54, 1.807) is 0 Å². The van der Waals surface area contributed by atoms with E-state index in [0.717, 1.165) is 18.8 Å². The molecular weight excluding hydrogens is 136 g/mol. The Kier molecular flexibility index (Phi) is 1.57. The molecule has 11 heavy (non-hydrogen) atoms. The molecule has 2 saturated carbocycles. The summed E-state index contributed by atoms with van der Waals surface area (Å²) in [7, 11) is 0. The summed E-state index contributed by atoms with van der Waals surface area (Å²) in [6, 6.07) is 0. The standard InChI is InChI=1S/C10H16O/c1-2-5-10(11)7-8-3-4-9(10)6-8/h2,8-9,11H,1,3-7H2/t8-,9+,10-/m1/s1. The fourth-order valence-electron chi connectivity index (χ4n) is 2.91. The molecule has 2 rings (SSSR count). The molecule has 0 aromatic carbocycles. The fraction of sp³-hybridized carbons (Fsp3) is 0.800. The van der Waals surface area contributed by atoms with Crippen LogP contribution in [0.25, 0.3) is 0 Å². The molecule has 2 fully saturated rings. The van der Waals surface area contributed by atoms with Gasteiger partial charge in [0, 0.05) is 0 Å². The zero-order chi connectivity index (χ0) is 7.90. The van der Waals surface area contributed by atoms with E-state index in [-0.39, 0.29) is 5.60 Å². The van der Waals surface area contributed by atoms with Crippen molar-refractivity contribution in [2.75, 3.05) is 0 Å². The van der Waals surface area contributed by atoms with Gasteiger partial charge in [0.15, 0.2) is 0 Å². The van der Waals surface area contributed by atoms with E-state index in [0.29, 0.717) is 5.92 Å². The maximum Gasteiger partial charge on any atom is 0.0712 e. The second kappa shape index (κ2) is 2.34. The summed E-state index contributed by atoms with van der Waals surface area (Å²) in [5.41, 5.74) is -0.356. The van der Waals surface area contributed by atoms with E-state index in [2.05, 4.69) is 6.58 Å². The largest absolute Gasteiger partial charge is 0.389 e. The minimum atomic E-state index is -0.356. The lowest BCUT2D eigenvalue weighted by molar-refractivity contribution is -0.00997. The third kappa shape index (κ3) is 1.02. The monoisotopic (exact) mass is 152 g/mol. The van der Waals surface area contributed by atoms with Crippen LogP contribution in [0.1, 0.15) is 32.1 Å². The van der Waals surface area contributed by atoms with Gasteiger partial charge in [-0.3, -0.25) is 0 Å². The third-order valence-electron chi connectivity index (χ3n) is 3.44. The molecule has 0 aromatic heterocycles. The summed E-state index contributed by atoms with van der Waals surface area (Å²) in [4.78, 5) is 0. The van der Waals surface area contributed by atoms with Crippen molar-refractivity contribution in [2.45, 2.75) is 37.7 Å². The molecule has 1 N–H and O–H groups in total. The van der Waals surface area contributed by atoms with Crippen LogP contribution >= 0.6 is 0 Å². The van der Waals surface area contributed by atoms with Gasteiger partial charge in [0.1, 0.15) is 0 Å². The number of aliphatic hydroxyl groups is 1. The molecule has 0 saturated heterocycles. The van der Waals surface area contributed by atoms with E-state index >= 15 is 0 Å². The van der Waals surface area contributed by atoms with E-state index in [1.807, 2.05) is 6.08 Å². The van der Waals surface area contributed by atoms with Crippen molar-refractivity contribution >= 4 is 0 Å². The molecule has 0 unspecified atom stereocenters. The molecule has 0 heterocycles. The van der Waals surface area contributed by atoms with Crippen molar-refractivity contribution in [3.8, 4) is 0 Å². The van der Waals surface area contributed by atoms with Crippen molar-refractivity contribution in [1.29, 1.82) is 0 Å². The molecule has 62 valence electrons. The van der Waals surface area contributed by atoms with Gasteiger partial charge in [0.25, 0.3) is 0 Å². The third-order valence-corrected chi connectivity index (χ3v) is 3.44. The highest BCUT2D eigenvalue weighted by atomic mass is 16.3. The first kappa shape index (κ1) is 7.35. The fourth-order valence-corrected chi connectivity index (χ4v) is 2.91. The summed E-state index contributed by atoms with van der Waals surface area (Å²) in [6.45, 7) is 3.69. The van der Waals surface area contributed by atoms with Crippen LogP contribution in [0.4, 0.5) is 0 Å². The Labute approximate surface area is 68.1 Å². The first-order valence-corrected chi connectivity index (χ1v) is 4.58. The van der Waals surface area contributed by atoms with Gasteiger partial charge in [-0.1, -0.05) is 6.08 Å². The molecule has 2 aliphatic carbocycles. The molecule has 2 aliphatic rings. The maximum absolute atomic E-state index is 10.1. The second-order valence-corrected chi connectivity index (χ2v) is 4.18. The highest BCUT2D eigenvalue weighted by Gasteiger charge is 2.48. The first-order chi connectivity index (χ1) is 5.24. The summed E-state index contributed by atoms with van der Waals surface area (Å²) >= 11 is 0. The van der Waals surface area contributed by atoms with E-state index in [9.17, 15) is 5.11 Å². The van der Waals surface area contributed by atoms with Gasteiger partial charge in [0.2, 0.25) is 0 Å². The summed E-state index contributed by atoms with van der Waals surface area (Å²) in [5.74, 6) is 1.41. The molecule has 2 bridgehead atoms. The van der Waals surface area contributed by atoms with Crippen molar-refractivity contribution in [3.05, 3.63) is 12.7 Å². The number of hydrogen-bond acceptors (Lipinski definition) is 1. The normalized spacial score (nSPS) is 48.1. The van der Waals surface area contributed by atoms with Crippen molar-refractivity contribution in [1.82, 2.24) is 0 Å². The Bertz CT molecular complexity index is 176. The van der Waals surface area contributed by atoms with Crippen molar-refractivity contribution in [3.63, 3.8) is 0 Å². The van der Waals surface area contributed by atoms with Gasteiger partial charge in [-0.25, -0.2) is 0 Å². The van der Waals surface area contributed by atoms with Gasteiger partial charge < -0.3 is 5.11 Å². The predicted molar refractivity (Wildman–Crippen MR) is 45.2 cm³/mol. The van der Waals surface area contributed by atoms with Crippen LogP contribution in [-0.2, 0) is 0 Å². The van der Waals surface area contributed by atoms with Gasteiger partial charge in [0.05, 0.1) is 5.60 Å². The van der Waals surface area contributed by atoms with Gasteiger partial charge >= 0.3 is 0 Å². The van der Waals surface area contributed by atoms with Crippen LogP contribution in [0.2, 0.25) is 0 Å². The topological polar surface area (TPSA) is 20.2 Å². The Morgan fingerprint density at radius 3 is 2.82 bits per heavy atom. The Morgan fingerprint density at radius 1 is 1.55 bits per heavy atom. The quantitative estimate of drug-likeness (QED) is 0.601. The summed E-state index contributed by atoms with van der Waals surface area (Å²) in [5, 5.41) is 10.1. The highest BCUT2D eigenvalue weighted by Crippen LogP contribution is 2.52. The molecule has 0 aliphatic heterocycles. The minimum absolute atomic E-state index is 0.356.